The molecule has 1 rings (SSSR count). The maximum Gasteiger partial charge on any atom is 0.410 e. The highest BCUT2D eigenvalue weighted by molar-refractivity contribution is 5.67. The van der Waals surface area contributed by atoms with Gasteiger partial charge in [0.25, 0.3) is 0 Å². The van der Waals surface area contributed by atoms with Gasteiger partial charge >= 0.3 is 6.09 Å². The summed E-state index contributed by atoms with van der Waals surface area (Å²) >= 11 is 0. The highest BCUT2D eigenvalue weighted by atomic mass is 16.6. The van der Waals surface area contributed by atoms with E-state index in [9.17, 15) is 4.79 Å². The van der Waals surface area contributed by atoms with Crippen molar-refractivity contribution in [2.45, 2.75) is 32.0 Å². The zero-order valence-corrected chi connectivity index (χ0v) is 7.84. The summed E-state index contributed by atoms with van der Waals surface area (Å²) in [4.78, 5) is 11.1. The lowest BCUT2D eigenvalue weighted by molar-refractivity contribution is -0.0184. The first-order valence-corrected chi connectivity index (χ1v) is 4.54. The lowest BCUT2D eigenvalue weighted by atomic mass is 10.3. The van der Waals surface area contributed by atoms with E-state index in [1.165, 1.54) is 0 Å². The van der Waals surface area contributed by atoms with Gasteiger partial charge in [-0.05, 0) is 12.8 Å². The topological polar surface area (TPSA) is 73.6 Å². The predicted molar refractivity (Wildman–Crippen MR) is 46.9 cm³/mol. The fraction of sp³-hybridized carbons (Fsp3) is 0.875. The number of ether oxygens (including phenoxy) is 2. The molecule has 3 N–H and O–H groups in total. The Morgan fingerprint density at radius 1 is 1.77 bits per heavy atom. The molecule has 0 aliphatic carbocycles. The van der Waals surface area contributed by atoms with E-state index in [1.807, 2.05) is 6.92 Å². The van der Waals surface area contributed by atoms with Gasteiger partial charge in [0.2, 0.25) is 0 Å². The molecule has 0 aromatic heterocycles. The number of rotatable bonds is 3. The normalized spacial score (nSPS) is 27.2. The van der Waals surface area contributed by atoms with Gasteiger partial charge < -0.3 is 9.47 Å². The van der Waals surface area contributed by atoms with Crippen LogP contribution in [-0.4, -0.2) is 25.2 Å². The summed E-state index contributed by atoms with van der Waals surface area (Å²) < 4.78 is 9.97. The Bertz CT molecular complexity index is 178. The van der Waals surface area contributed by atoms with Crippen LogP contribution in [0.2, 0.25) is 0 Å². The van der Waals surface area contributed by atoms with Crippen LogP contribution in [0, 0.1) is 0 Å². The van der Waals surface area contributed by atoms with E-state index in [1.54, 1.807) is 0 Å². The number of nitrogens with two attached hydrogens (primary N) is 1. The molecule has 0 aromatic carbocycles. The monoisotopic (exact) mass is 188 g/mol. The van der Waals surface area contributed by atoms with E-state index in [0.29, 0.717) is 19.6 Å². The van der Waals surface area contributed by atoms with Gasteiger partial charge in [0.1, 0.15) is 0 Å². The lowest BCUT2D eigenvalue weighted by Gasteiger charge is -2.23. The van der Waals surface area contributed by atoms with Gasteiger partial charge in [-0.3, -0.25) is 11.1 Å². The molecule has 1 aliphatic heterocycles. The molecule has 1 unspecified atom stereocenters. The van der Waals surface area contributed by atoms with Crippen LogP contribution in [0.25, 0.3) is 0 Å². The first-order valence-electron chi connectivity index (χ1n) is 4.54. The van der Waals surface area contributed by atoms with Gasteiger partial charge in [-0.1, -0.05) is 6.92 Å². The average Bonchev–Trinajstić information content (AvgIpc) is 2.48. The number of hydrogen-bond acceptors (Lipinski definition) is 4. The first kappa shape index (κ1) is 10.3. The maximum atomic E-state index is 11.1. The van der Waals surface area contributed by atoms with Crippen molar-refractivity contribution in [2.75, 3.05) is 13.2 Å². The Hall–Kier alpha value is -0.810. The van der Waals surface area contributed by atoms with Gasteiger partial charge in [0.05, 0.1) is 13.2 Å². The molecule has 1 atom stereocenters. The molecule has 76 valence electrons. The molecule has 13 heavy (non-hydrogen) atoms. The van der Waals surface area contributed by atoms with E-state index in [4.69, 9.17) is 15.2 Å². The molecule has 0 aromatic rings. The van der Waals surface area contributed by atoms with Gasteiger partial charge in [0.15, 0.2) is 5.85 Å². The third-order valence-corrected chi connectivity index (χ3v) is 1.80. The third-order valence-electron chi connectivity index (χ3n) is 1.80. The van der Waals surface area contributed by atoms with Crippen molar-refractivity contribution in [1.82, 2.24) is 5.32 Å². The Morgan fingerprint density at radius 2 is 2.54 bits per heavy atom. The van der Waals surface area contributed by atoms with Crippen LogP contribution in [0.3, 0.4) is 0 Å². The molecule has 0 spiro atoms. The lowest BCUT2D eigenvalue weighted by Crippen LogP contribution is -2.55. The average molecular weight is 188 g/mol. The van der Waals surface area contributed by atoms with Crippen LogP contribution in [0.5, 0.6) is 0 Å². The number of carbonyl (C=O) groups is 1. The summed E-state index contributed by atoms with van der Waals surface area (Å²) in [6.45, 7) is 2.92. The largest absolute Gasteiger partial charge is 0.449 e. The summed E-state index contributed by atoms with van der Waals surface area (Å²) in [6.07, 6.45) is 1.79. The molecular formula is C8H16N2O3. The Morgan fingerprint density at radius 3 is 3.08 bits per heavy atom. The molecule has 1 aliphatic rings. The molecule has 1 amide bonds. The summed E-state index contributed by atoms with van der Waals surface area (Å²) in [5.74, 6) is -1.01. The van der Waals surface area contributed by atoms with Crippen molar-refractivity contribution < 1.29 is 14.3 Å². The molecular weight excluding hydrogens is 172 g/mol. The first-order chi connectivity index (χ1) is 6.16. The van der Waals surface area contributed by atoms with Gasteiger partial charge in [-0.25, -0.2) is 4.79 Å². The van der Waals surface area contributed by atoms with E-state index in [0.717, 1.165) is 12.8 Å². The van der Waals surface area contributed by atoms with Crippen LogP contribution in [-0.2, 0) is 9.47 Å². The van der Waals surface area contributed by atoms with Crippen LogP contribution in [0.1, 0.15) is 26.2 Å². The van der Waals surface area contributed by atoms with Crippen LogP contribution in [0.15, 0.2) is 0 Å². The number of nitrogens with one attached hydrogen (secondary N) is 1. The maximum absolute atomic E-state index is 11.1. The van der Waals surface area contributed by atoms with Crippen molar-refractivity contribution >= 4 is 6.09 Å². The smallest absolute Gasteiger partial charge is 0.410 e. The number of alkyl carbamates (subject to hydrolysis) is 1. The molecule has 0 radical (unpaired) electrons. The van der Waals surface area contributed by atoms with Crippen molar-refractivity contribution in [3.63, 3.8) is 0 Å². The molecule has 0 saturated carbocycles. The summed E-state index contributed by atoms with van der Waals surface area (Å²) in [5, 5.41) is 2.48. The standard InChI is InChI=1S/C8H16N2O3/c1-2-5-12-7(11)10-8(9)4-3-6-13-8/h2-6,9H2,1H3,(H,10,11). The zero-order chi connectivity index (χ0) is 9.73. The molecule has 5 nitrogen and oxygen atoms in total. The molecule has 1 heterocycles. The molecule has 5 heteroatoms. The summed E-state index contributed by atoms with van der Waals surface area (Å²) in [5.41, 5.74) is 5.70. The highest BCUT2D eigenvalue weighted by Crippen LogP contribution is 2.16. The van der Waals surface area contributed by atoms with Gasteiger partial charge in [-0.15, -0.1) is 0 Å². The zero-order valence-electron chi connectivity index (χ0n) is 7.84. The second-order valence-electron chi connectivity index (χ2n) is 3.10. The molecule has 0 bridgehead atoms. The highest BCUT2D eigenvalue weighted by Gasteiger charge is 2.32. The van der Waals surface area contributed by atoms with E-state index in [2.05, 4.69) is 5.32 Å². The van der Waals surface area contributed by atoms with Crippen molar-refractivity contribution in [3.05, 3.63) is 0 Å². The van der Waals surface area contributed by atoms with Crippen molar-refractivity contribution in [2.24, 2.45) is 5.73 Å². The van der Waals surface area contributed by atoms with Crippen molar-refractivity contribution in [1.29, 1.82) is 0 Å². The molecule has 1 fully saturated rings. The Kier molecular flexibility index (Phi) is 3.50. The number of hydrogen-bond donors (Lipinski definition) is 2. The molecule has 1 saturated heterocycles. The summed E-state index contributed by atoms with van der Waals surface area (Å²) in [6, 6.07) is 0. The summed E-state index contributed by atoms with van der Waals surface area (Å²) in [7, 11) is 0. The third kappa shape index (κ3) is 3.20. The van der Waals surface area contributed by atoms with Crippen LogP contribution in [0.4, 0.5) is 4.79 Å². The predicted octanol–water partition coefficient (Wildman–Crippen LogP) is 0.545. The fourth-order valence-electron chi connectivity index (χ4n) is 1.16. The number of carbonyl (C=O) groups excluding carboxylic acids is 1. The van der Waals surface area contributed by atoms with Gasteiger partial charge in [0, 0.05) is 6.42 Å². The fourth-order valence-corrected chi connectivity index (χ4v) is 1.16. The van der Waals surface area contributed by atoms with Gasteiger partial charge in [-0.2, -0.15) is 0 Å². The van der Waals surface area contributed by atoms with E-state index < -0.39 is 11.9 Å². The number of amides is 1. The minimum atomic E-state index is -1.01. The Balaban J connectivity index is 2.26. The Labute approximate surface area is 77.6 Å². The van der Waals surface area contributed by atoms with Crippen LogP contribution >= 0.6 is 0 Å². The second kappa shape index (κ2) is 4.43. The SMILES string of the molecule is CCCOC(=O)NC1(N)CCCO1. The van der Waals surface area contributed by atoms with E-state index in [-0.39, 0.29) is 0 Å². The quantitative estimate of drug-likeness (QED) is 0.634. The minimum absolute atomic E-state index is 0.405. The van der Waals surface area contributed by atoms with Crippen LogP contribution < -0.4 is 11.1 Å². The van der Waals surface area contributed by atoms with Crippen molar-refractivity contribution in [3.8, 4) is 0 Å². The van der Waals surface area contributed by atoms with E-state index >= 15 is 0 Å². The minimum Gasteiger partial charge on any atom is -0.449 e. The second-order valence-corrected chi connectivity index (χ2v) is 3.10.